The highest BCUT2D eigenvalue weighted by Gasteiger charge is 2.27. The molecule has 0 unspecified atom stereocenters. The minimum atomic E-state index is -3.40. The fraction of sp³-hybridized carbons (Fsp3) is 0.867. The first-order chi connectivity index (χ1) is 10.5. The summed E-state index contributed by atoms with van der Waals surface area (Å²) in [6.07, 6.45) is 7.51. The highest BCUT2D eigenvalue weighted by molar-refractivity contribution is 7.92. The lowest BCUT2D eigenvalue weighted by Crippen LogP contribution is -2.47. The van der Waals surface area contributed by atoms with Gasteiger partial charge < -0.3 is 10.6 Å². The van der Waals surface area contributed by atoms with E-state index in [9.17, 15) is 18.0 Å². The van der Waals surface area contributed by atoms with Crippen LogP contribution in [0.15, 0.2) is 0 Å². The van der Waals surface area contributed by atoms with E-state index < -0.39 is 27.5 Å². The van der Waals surface area contributed by atoms with Gasteiger partial charge in [0, 0.05) is 6.54 Å². The molecule has 2 rings (SSSR count). The van der Waals surface area contributed by atoms with Crippen molar-refractivity contribution in [1.82, 2.24) is 10.6 Å². The molecular formula is C15H26N2O4S. The first kappa shape index (κ1) is 17.2. The topological polar surface area (TPSA) is 92.3 Å². The lowest BCUT2D eigenvalue weighted by molar-refractivity contribution is -0.127. The minimum absolute atomic E-state index is 0.0945. The van der Waals surface area contributed by atoms with Crippen molar-refractivity contribution in [3.63, 3.8) is 0 Å². The van der Waals surface area contributed by atoms with Gasteiger partial charge >= 0.3 is 0 Å². The molecule has 7 heteroatoms. The number of sulfone groups is 1. The summed E-state index contributed by atoms with van der Waals surface area (Å²) in [5.41, 5.74) is 0. The average molecular weight is 330 g/mol. The molecule has 1 atom stereocenters. The Bertz CT molecular complexity index is 498. The van der Waals surface area contributed by atoms with E-state index in [-0.39, 0.29) is 17.6 Å². The summed E-state index contributed by atoms with van der Waals surface area (Å²) in [5.74, 6) is -0.994. The second-order valence-electron chi connectivity index (χ2n) is 6.47. The third-order valence-electron chi connectivity index (χ3n) is 4.44. The van der Waals surface area contributed by atoms with E-state index in [1.165, 1.54) is 6.42 Å². The van der Waals surface area contributed by atoms with Gasteiger partial charge in [-0.15, -0.1) is 0 Å². The van der Waals surface area contributed by atoms with Gasteiger partial charge in [-0.2, -0.15) is 0 Å². The Hall–Kier alpha value is -1.11. The predicted octanol–water partition coefficient (Wildman–Crippen LogP) is 0.766. The fourth-order valence-electron chi connectivity index (χ4n) is 3.28. The summed E-state index contributed by atoms with van der Waals surface area (Å²) in [4.78, 5) is 23.7. The van der Waals surface area contributed by atoms with Gasteiger partial charge in [0.15, 0.2) is 9.84 Å². The molecule has 0 aromatic heterocycles. The molecule has 0 aromatic rings. The highest BCUT2D eigenvalue weighted by Crippen LogP contribution is 2.25. The molecule has 0 aromatic carbocycles. The number of nitrogens with one attached hydrogen (secondary N) is 2. The lowest BCUT2D eigenvalue weighted by atomic mass is 9.91. The van der Waals surface area contributed by atoms with E-state index in [0.717, 1.165) is 38.5 Å². The molecule has 6 nitrogen and oxygen atoms in total. The van der Waals surface area contributed by atoms with Gasteiger partial charge in [-0.25, -0.2) is 8.42 Å². The molecule has 126 valence electrons. The van der Waals surface area contributed by atoms with E-state index in [0.29, 0.717) is 13.0 Å². The number of hydrogen-bond acceptors (Lipinski definition) is 4. The van der Waals surface area contributed by atoms with Crippen LogP contribution in [0, 0.1) is 5.92 Å². The van der Waals surface area contributed by atoms with Crippen molar-refractivity contribution in [2.24, 2.45) is 5.92 Å². The first-order valence-corrected chi connectivity index (χ1v) is 10.1. The standard InChI is InChI=1S/C15H26N2O4S/c18-14(17-13-8-4-5-9-16-15(13)19)11-22(20,21)10-12-6-2-1-3-7-12/h12-13H,1-11H2,(H,16,19)(H,17,18)/t13-/m1/s1. The van der Waals surface area contributed by atoms with E-state index in [4.69, 9.17) is 0 Å². The second kappa shape index (κ2) is 7.94. The monoisotopic (exact) mass is 330 g/mol. The first-order valence-electron chi connectivity index (χ1n) is 8.24. The van der Waals surface area contributed by atoms with E-state index in [2.05, 4.69) is 10.6 Å². The van der Waals surface area contributed by atoms with Crippen molar-refractivity contribution in [3.8, 4) is 0 Å². The van der Waals surface area contributed by atoms with Crippen molar-refractivity contribution in [3.05, 3.63) is 0 Å². The summed E-state index contributed by atoms with van der Waals surface area (Å²) in [6.45, 7) is 0.616. The minimum Gasteiger partial charge on any atom is -0.354 e. The summed E-state index contributed by atoms with van der Waals surface area (Å²) in [5, 5.41) is 5.30. The molecule has 0 spiro atoms. The maximum absolute atomic E-state index is 12.1. The molecule has 1 aliphatic heterocycles. The lowest BCUT2D eigenvalue weighted by Gasteiger charge is -2.21. The second-order valence-corrected chi connectivity index (χ2v) is 8.57. The molecule has 1 aliphatic carbocycles. The van der Waals surface area contributed by atoms with Crippen LogP contribution in [0.2, 0.25) is 0 Å². The van der Waals surface area contributed by atoms with Crippen LogP contribution in [0.25, 0.3) is 0 Å². The van der Waals surface area contributed by atoms with Crippen molar-refractivity contribution in [2.75, 3.05) is 18.1 Å². The quantitative estimate of drug-likeness (QED) is 0.778. The van der Waals surface area contributed by atoms with Crippen molar-refractivity contribution < 1.29 is 18.0 Å². The van der Waals surface area contributed by atoms with Crippen LogP contribution in [0.5, 0.6) is 0 Å². The largest absolute Gasteiger partial charge is 0.354 e. The molecule has 2 fully saturated rings. The Balaban J connectivity index is 1.82. The Labute approximate surface area is 132 Å². The van der Waals surface area contributed by atoms with Crippen LogP contribution in [-0.2, 0) is 19.4 Å². The molecular weight excluding hydrogens is 304 g/mol. The van der Waals surface area contributed by atoms with Crippen LogP contribution in [-0.4, -0.2) is 44.3 Å². The van der Waals surface area contributed by atoms with Crippen molar-refractivity contribution >= 4 is 21.7 Å². The maximum atomic E-state index is 12.1. The summed E-state index contributed by atoms with van der Waals surface area (Å²) < 4.78 is 24.3. The summed E-state index contributed by atoms with van der Waals surface area (Å²) >= 11 is 0. The van der Waals surface area contributed by atoms with Gasteiger partial charge in [0.25, 0.3) is 0 Å². The molecule has 22 heavy (non-hydrogen) atoms. The summed E-state index contributed by atoms with van der Waals surface area (Å²) in [7, 11) is -3.40. The number of carbonyl (C=O) groups is 2. The Morgan fingerprint density at radius 2 is 1.77 bits per heavy atom. The van der Waals surface area contributed by atoms with Crippen molar-refractivity contribution in [2.45, 2.75) is 57.4 Å². The van der Waals surface area contributed by atoms with Gasteiger partial charge in [0.05, 0.1) is 5.75 Å². The van der Waals surface area contributed by atoms with Gasteiger partial charge in [0.1, 0.15) is 11.8 Å². The van der Waals surface area contributed by atoms with Crippen molar-refractivity contribution in [1.29, 1.82) is 0 Å². The fourth-order valence-corrected chi connectivity index (χ4v) is 4.94. The maximum Gasteiger partial charge on any atom is 0.242 e. The molecule has 2 amide bonds. The number of rotatable bonds is 5. The van der Waals surface area contributed by atoms with E-state index in [1.807, 2.05) is 0 Å². The zero-order valence-corrected chi connectivity index (χ0v) is 13.8. The number of amides is 2. The smallest absolute Gasteiger partial charge is 0.242 e. The number of hydrogen-bond donors (Lipinski definition) is 2. The molecule has 1 saturated carbocycles. The van der Waals surface area contributed by atoms with Crippen LogP contribution < -0.4 is 10.6 Å². The molecule has 2 aliphatic rings. The zero-order valence-electron chi connectivity index (χ0n) is 13.0. The van der Waals surface area contributed by atoms with Gasteiger partial charge in [-0.1, -0.05) is 19.3 Å². The van der Waals surface area contributed by atoms with Crippen LogP contribution in [0.1, 0.15) is 51.4 Å². The molecule has 2 N–H and O–H groups in total. The number of carbonyl (C=O) groups excluding carboxylic acids is 2. The zero-order chi connectivity index (χ0) is 16.0. The van der Waals surface area contributed by atoms with Gasteiger partial charge in [0.2, 0.25) is 11.8 Å². The Morgan fingerprint density at radius 1 is 1.09 bits per heavy atom. The van der Waals surface area contributed by atoms with Gasteiger partial charge in [-0.3, -0.25) is 9.59 Å². The molecule has 1 saturated heterocycles. The van der Waals surface area contributed by atoms with Crippen LogP contribution in [0.3, 0.4) is 0 Å². The Morgan fingerprint density at radius 3 is 2.50 bits per heavy atom. The van der Waals surface area contributed by atoms with E-state index >= 15 is 0 Å². The highest BCUT2D eigenvalue weighted by atomic mass is 32.2. The normalized spacial score (nSPS) is 24.4. The SMILES string of the molecule is O=C(CS(=O)(=O)CC1CCCCC1)N[C@@H]1CCCCNC1=O. The average Bonchev–Trinajstić information content (AvgIpc) is 2.64. The molecule has 1 heterocycles. The summed E-state index contributed by atoms with van der Waals surface area (Å²) in [6, 6.07) is -0.597. The third-order valence-corrected chi connectivity index (χ3v) is 6.12. The van der Waals surface area contributed by atoms with E-state index in [1.54, 1.807) is 0 Å². The van der Waals surface area contributed by atoms with Crippen LogP contribution in [0.4, 0.5) is 0 Å². The molecule has 0 radical (unpaired) electrons. The Kier molecular flexibility index (Phi) is 6.23. The van der Waals surface area contributed by atoms with Crippen LogP contribution >= 0.6 is 0 Å². The predicted molar refractivity (Wildman–Crippen MR) is 84.0 cm³/mol. The molecule has 0 bridgehead atoms. The third kappa shape index (κ3) is 5.59. The van der Waals surface area contributed by atoms with Gasteiger partial charge in [-0.05, 0) is 38.0 Å².